The molecular weight excluding hydrogens is 238 g/mol. The first-order chi connectivity index (χ1) is 9.11. The van der Waals surface area contributed by atoms with Gasteiger partial charge in [0.15, 0.2) is 0 Å². The number of nitrogens with one attached hydrogen (secondary N) is 1. The zero-order valence-electron chi connectivity index (χ0n) is 12.2. The standard InChI is InChI=1S/C16H25NO2/c1-4-17-16(10-18,14-6-7-14)11-19-15-8-5-12(2)13(3)9-15/h5,8-9,14,17-18H,4,6-7,10-11H2,1-3H3. The molecule has 0 bridgehead atoms. The van der Waals surface area contributed by atoms with Crippen LogP contribution in [0.3, 0.4) is 0 Å². The van der Waals surface area contributed by atoms with Crippen LogP contribution in [-0.2, 0) is 0 Å². The van der Waals surface area contributed by atoms with Crippen molar-refractivity contribution in [3.05, 3.63) is 29.3 Å². The van der Waals surface area contributed by atoms with E-state index in [-0.39, 0.29) is 12.1 Å². The van der Waals surface area contributed by atoms with Crippen LogP contribution in [0.4, 0.5) is 0 Å². The van der Waals surface area contributed by atoms with E-state index in [9.17, 15) is 5.11 Å². The largest absolute Gasteiger partial charge is 0.492 e. The summed E-state index contributed by atoms with van der Waals surface area (Å²) in [4.78, 5) is 0. The third-order valence-corrected chi connectivity index (χ3v) is 4.14. The van der Waals surface area contributed by atoms with Gasteiger partial charge in [0.1, 0.15) is 12.4 Å². The molecule has 1 aliphatic rings. The summed E-state index contributed by atoms with van der Waals surface area (Å²) in [5.41, 5.74) is 2.24. The van der Waals surface area contributed by atoms with Crippen LogP contribution in [0, 0.1) is 19.8 Å². The second kappa shape index (κ2) is 5.93. The number of ether oxygens (including phenoxy) is 1. The van der Waals surface area contributed by atoms with E-state index >= 15 is 0 Å². The smallest absolute Gasteiger partial charge is 0.119 e. The molecule has 3 nitrogen and oxygen atoms in total. The first-order valence-electron chi connectivity index (χ1n) is 7.17. The summed E-state index contributed by atoms with van der Waals surface area (Å²) in [7, 11) is 0. The van der Waals surface area contributed by atoms with Crippen LogP contribution in [0.15, 0.2) is 18.2 Å². The monoisotopic (exact) mass is 263 g/mol. The number of rotatable bonds is 7. The van der Waals surface area contributed by atoms with Crippen LogP contribution in [0.25, 0.3) is 0 Å². The van der Waals surface area contributed by atoms with Crippen molar-refractivity contribution in [3.63, 3.8) is 0 Å². The lowest BCUT2D eigenvalue weighted by atomic mass is 9.95. The number of hydrogen-bond acceptors (Lipinski definition) is 3. The third kappa shape index (κ3) is 3.28. The molecule has 2 rings (SSSR count). The van der Waals surface area contributed by atoms with Gasteiger partial charge < -0.3 is 15.2 Å². The molecule has 1 aromatic rings. The van der Waals surface area contributed by atoms with Crippen molar-refractivity contribution >= 4 is 0 Å². The highest BCUT2D eigenvalue weighted by molar-refractivity contribution is 5.33. The Morgan fingerprint density at radius 3 is 2.58 bits per heavy atom. The Labute approximate surface area is 116 Å². The SMILES string of the molecule is CCNC(CO)(COc1ccc(C)c(C)c1)C1CC1. The van der Waals surface area contributed by atoms with Gasteiger partial charge in [0.05, 0.1) is 12.1 Å². The highest BCUT2D eigenvalue weighted by atomic mass is 16.5. The van der Waals surface area contributed by atoms with Gasteiger partial charge in [-0.15, -0.1) is 0 Å². The van der Waals surface area contributed by atoms with E-state index in [1.165, 1.54) is 24.0 Å². The van der Waals surface area contributed by atoms with E-state index in [1.54, 1.807) is 0 Å². The maximum atomic E-state index is 9.75. The quantitative estimate of drug-likeness (QED) is 0.794. The Morgan fingerprint density at radius 1 is 1.32 bits per heavy atom. The highest BCUT2D eigenvalue weighted by Gasteiger charge is 2.45. The fourth-order valence-electron chi connectivity index (χ4n) is 2.55. The summed E-state index contributed by atoms with van der Waals surface area (Å²) in [5.74, 6) is 1.43. The summed E-state index contributed by atoms with van der Waals surface area (Å²) >= 11 is 0. The first-order valence-corrected chi connectivity index (χ1v) is 7.17. The van der Waals surface area contributed by atoms with E-state index < -0.39 is 0 Å². The highest BCUT2D eigenvalue weighted by Crippen LogP contribution is 2.39. The van der Waals surface area contributed by atoms with Crippen molar-refractivity contribution < 1.29 is 9.84 Å². The van der Waals surface area contributed by atoms with Crippen molar-refractivity contribution in [1.82, 2.24) is 5.32 Å². The molecule has 0 amide bonds. The molecular formula is C16H25NO2. The number of aryl methyl sites for hydroxylation is 2. The average Bonchev–Trinajstić information content (AvgIpc) is 3.23. The van der Waals surface area contributed by atoms with Gasteiger partial charge in [0.25, 0.3) is 0 Å². The van der Waals surface area contributed by atoms with Gasteiger partial charge in [-0.25, -0.2) is 0 Å². The second-order valence-electron chi connectivity index (χ2n) is 5.65. The number of aliphatic hydroxyl groups excluding tert-OH is 1. The molecule has 0 saturated heterocycles. The number of aliphatic hydroxyl groups is 1. The van der Waals surface area contributed by atoms with E-state index in [0.29, 0.717) is 12.5 Å². The predicted octanol–water partition coefficient (Wildman–Crippen LogP) is 2.43. The molecule has 0 aliphatic heterocycles. The minimum atomic E-state index is -0.270. The minimum absolute atomic E-state index is 0.135. The van der Waals surface area contributed by atoms with Crippen molar-refractivity contribution in [2.45, 2.75) is 39.2 Å². The summed E-state index contributed by atoms with van der Waals surface area (Å²) < 4.78 is 5.93. The molecule has 106 valence electrons. The Hall–Kier alpha value is -1.06. The van der Waals surface area contributed by atoms with Crippen molar-refractivity contribution in [2.75, 3.05) is 19.8 Å². The van der Waals surface area contributed by atoms with E-state index in [4.69, 9.17) is 4.74 Å². The Balaban J connectivity index is 2.03. The molecule has 0 spiro atoms. The molecule has 0 heterocycles. The molecule has 19 heavy (non-hydrogen) atoms. The molecule has 0 aromatic heterocycles. The summed E-state index contributed by atoms with van der Waals surface area (Å²) in [6.45, 7) is 7.78. The molecule has 1 fully saturated rings. The molecule has 1 aromatic carbocycles. The van der Waals surface area contributed by atoms with Crippen LogP contribution in [-0.4, -0.2) is 30.4 Å². The van der Waals surface area contributed by atoms with Crippen LogP contribution in [0.5, 0.6) is 5.75 Å². The van der Waals surface area contributed by atoms with Gasteiger partial charge in [0, 0.05) is 0 Å². The van der Waals surface area contributed by atoms with E-state index in [2.05, 4.69) is 38.2 Å². The number of hydrogen-bond donors (Lipinski definition) is 2. The van der Waals surface area contributed by atoms with Gasteiger partial charge in [-0.1, -0.05) is 13.0 Å². The average molecular weight is 263 g/mol. The summed E-state index contributed by atoms with van der Waals surface area (Å²) in [6, 6.07) is 6.15. The predicted molar refractivity (Wildman–Crippen MR) is 77.6 cm³/mol. The fourth-order valence-corrected chi connectivity index (χ4v) is 2.55. The number of likely N-dealkylation sites (N-methyl/N-ethyl adjacent to an activating group) is 1. The van der Waals surface area contributed by atoms with Gasteiger partial charge >= 0.3 is 0 Å². The lowest BCUT2D eigenvalue weighted by molar-refractivity contribution is 0.0864. The second-order valence-corrected chi connectivity index (χ2v) is 5.65. The van der Waals surface area contributed by atoms with Crippen LogP contribution in [0.2, 0.25) is 0 Å². The normalized spacial score (nSPS) is 18.1. The molecule has 0 radical (unpaired) electrons. The topological polar surface area (TPSA) is 41.5 Å². The number of benzene rings is 1. The summed E-state index contributed by atoms with van der Waals surface area (Å²) in [5, 5.41) is 13.2. The van der Waals surface area contributed by atoms with E-state index in [0.717, 1.165) is 12.3 Å². The molecule has 3 heteroatoms. The maximum absolute atomic E-state index is 9.75. The van der Waals surface area contributed by atoms with Crippen molar-refractivity contribution in [1.29, 1.82) is 0 Å². The Bertz CT molecular complexity index is 429. The molecule has 1 atom stereocenters. The lowest BCUT2D eigenvalue weighted by Crippen LogP contribution is -2.55. The molecule has 2 N–H and O–H groups in total. The van der Waals surface area contributed by atoms with Crippen molar-refractivity contribution in [3.8, 4) is 5.75 Å². The van der Waals surface area contributed by atoms with Crippen molar-refractivity contribution in [2.24, 2.45) is 5.92 Å². The van der Waals surface area contributed by atoms with Crippen LogP contribution in [0.1, 0.15) is 30.9 Å². The van der Waals surface area contributed by atoms with Gasteiger partial charge in [-0.05, 0) is 62.4 Å². The lowest BCUT2D eigenvalue weighted by Gasteiger charge is -2.33. The van der Waals surface area contributed by atoms with Gasteiger partial charge in [-0.2, -0.15) is 0 Å². The zero-order valence-corrected chi connectivity index (χ0v) is 12.2. The maximum Gasteiger partial charge on any atom is 0.119 e. The van der Waals surface area contributed by atoms with Crippen LogP contribution < -0.4 is 10.1 Å². The zero-order chi connectivity index (χ0) is 13.9. The van der Waals surface area contributed by atoms with Gasteiger partial charge in [-0.3, -0.25) is 0 Å². The Kier molecular flexibility index (Phi) is 4.48. The summed E-state index contributed by atoms with van der Waals surface area (Å²) in [6.07, 6.45) is 2.37. The Morgan fingerprint density at radius 2 is 2.05 bits per heavy atom. The third-order valence-electron chi connectivity index (χ3n) is 4.14. The minimum Gasteiger partial charge on any atom is -0.492 e. The fraction of sp³-hybridized carbons (Fsp3) is 0.625. The molecule has 1 unspecified atom stereocenters. The van der Waals surface area contributed by atoms with E-state index in [1.807, 2.05) is 6.07 Å². The molecule has 1 saturated carbocycles. The first kappa shape index (κ1) is 14.4. The molecule has 1 aliphatic carbocycles. The van der Waals surface area contributed by atoms with Crippen LogP contribution >= 0.6 is 0 Å². The van der Waals surface area contributed by atoms with Gasteiger partial charge in [0.2, 0.25) is 0 Å².